The number of likely N-dealkylation sites (tertiary alicyclic amines) is 1. The van der Waals surface area contributed by atoms with Crippen molar-refractivity contribution < 1.29 is 14.3 Å². The highest BCUT2D eigenvalue weighted by Crippen LogP contribution is 2.30. The average molecular weight is 476 g/mol. The highest BCUT2D eigenvalue weighted by atomic mass is 16.5. The molecular formula is C29H37N3O3. The molecule has 0 radical (unpaired) electrons. The normalized spacial score (nSPS) is 14.8. The van der Waals surface area contributed by atoms with Crippen LogP contribution in [0.15, 0.2) is 48.5 Å². The summed E-state index contributed by atoms with van der Waals surface area (Å²) < 4.78 is 7.54. The lowest BCUT2D eigenvalue weighted by molar-refractivity contribution is -0.131. The standard InChI is InChI=1S/C29H37N3O3/c1-4-5-16-32-21(2)28(26-20-25(35-22(3)33)11-12-27(26)32)29(34)30-24-14-18-31(19-15-24)17-13-23-9-7-6-8-10-23/h6-12,20,24H,4-5,13-19H2,1-3H3,(H,30,34). The van der Waals surface area contributed by atoms with Crippen LogP contribution in [0.4, 0.5) is 0 Å². The number of fused-ring (bicyclic) bond motifs is 1. The molecule has 0 saturated carbocycles. The van der Waals surface area contributed by atoms with Crippen LogP contribution in [0.1, 0.15) is 61.1 Å². The molecule has 1 aliphatic heterocycles. The number of esters is 1. The first-order chi connectivity index (χ1) is 17.0. The Morgan fingerprint density at radius 1 is 1.06 bits per heavy atom. The molecule has 35 heavy (non-hydrogen) atoms. The quantitative estimate of drug-likeness (QED) is 0.345. The van der Waals surface area contributed by atoms with Crippen LogP contribution in [0, 0.1) is 6.92 Å². The van der Waals surface area contributed by atoms with Crippen LogP contribution in [-0.4, -0.2) is 47.0 Å². The minimum Gasteiger partial charge on any atom is -0.427 e. The summed E-state index contributed by atoms with van der Waals surface area (Å²) in [6.07, 6.45) is 5.08. The Morgan fingerprint density at radius 2 is 1.80 bits per heavy atom. The van der Waals surface area contributed by atoms with Crippen molar-refractivity contribution in [3.63, 3.8) is 0 Å². The van der Waals surface area contributed by atoms with Gasteiger partial charge in [0.15, 0.2) is 0 Å². The summed E-state index contributed by atoms with van der Waals surface area (Å²) in [7, 11) is 0. The number of hydrogen-bond donors (Lipinski definition) is 1. The highest BCUT2D eigenvalue weighted by Gasteiger charge is 2.25. The number of nitrogens with one attached hydrogen (secondary N) is 1. The number of nitrogens with zero attached hydrogens (tertiary/aromatic N) is 2. The number of piperidine rings is 1. The number of hydrogen-bond acceptors (Lipinski definition) is 4. The summed E-state index contributed by atoms with van der Waals surface area (Å²) in [5, 5.41) is 4.15. The molecular weight excluding hydrogens is 438 g/mol. The van der Waals surface area contributed by atoms with E-state index in [0.29, 0.717) is 11.3 Å². The van der Waals surface area contributed by atoms with Gasteiger partial charge in [0, 0.05) is 55.7 Å². The average Bonchev–Trinajstić information content (AvgIpc) is 3.12. The van der Waals surface area contributed by atoms with Gasteiger partial charge in [-0.25, -0.2) is 0 Å². The molecule has 2 heterocycles. The lowest BCUT2D eigenvalue weighted by atomic mass is 10.0. The minimum atomic E-state index is -0.364. The first-order valence-electron chi connectivity index (χ1n) is 12.8. The molecule has 0 unspecified atom stereocenters. The van der Waals surface area contributed by atoms with Gasteiger partial charge < -0.3 is 19.5 Å². The second-order valence-corrected chi connectivity index (χ2v) is 9.56. The smallest absolute Gasteiger partial charge is 0.308 e. The molecule has 1 N–H and O–H groups in total. The Balaban J connectivity index is 1.45. The Morgan fingerprint density at radius 3 is 2.49 bits per heavy atom. The maximum Gasteiger partial charge on any atom is 0.308 e. The predicted octanol–water partition coefficient (Wildman–Crippen LogP) is 5.11. The number of aromatic nitrogens is 1. The molecule has 1 saturated heterocycles. The monoisotopic (exact) mass is 475 g/mol. The van der Waals surface area contributed by atoms with Gasteiger partial charge in [0.1, 0.15) is 5.75 Å². The SMILES string of the molecule is CCCCn1c(C)c(C(=O)NC2CCN(CCc3ccccc3)CC2)c2cc(OC(C)=O)ccc21. The molecule has 2 aromatic carbocycles. The Bertz CT molecular complexity index is 1160. The molecule has 0 bridgehead atoms. The van der Waals surface area contributed by atoms with Gasteiger partial charge in [0.25, 0.3) is 5.91 Å². The van der Waals surface area contributed by atoms with E-state index < -0.39 is 0 Å². The lowest BCUT2D eigenvalue weighted by Crippen LogP contribution is -2.45. The van der Waals surface area contributed by atoms with Crippen LogP contribution in [0.3, 0.4) is 0 Å². The van der Waals surface area contributed by atoms with Gasteiger partial charge in [-0.2, -0.15) is 0 Å². The van der Waals surface area contributed by atoms with E-state index in [2.05, 4.69) is 52.0 Å². The molecule has 1 amide bonds. The molecule has 3 aromatic rings. The van der Waals surface area contributed by atoms with E-state index in [9.17, 15) is 9.59 Å². The first kappa shape index (κ1) is 25.0. The molecule has 1 fully saturated rings. The van der Waals surface area contributed by atoms with Gasteiger partial charge >= 0.3 is 5.97 Å². The number of aryl methyl sites for hydroxylation is 1. The number of carbonyl (C=O) groups is 2. The van der Waals surface area contributed by atoms with Crippen molar-refractivity contribution in [3.8, 4) is 5.75 Å². The lowest BCUT2D eigenvalue weighted by Gasteiger charge is -2.32. The van der Waals surface area contributed by atoms with Crippen molar-refractivity contribution >= 4 is 22.8 Å². The fourth-order valence-corrected chi connectivity index (χ4v) is 5.07. The van der Waals surface area contributed by atoms with E-state index in [1.165, 1.54) is 12.5 Å². The maximum atomic E-state index is 13.5. The number of ether oxygens (including phenoxy) is 1. The fourth-order valence-electron chi connectivity index (χ4n) is 5.07. The number of benzene rings is 2. The predicted molar refractivity (Wildman–Crippen MR) is 140 cm³/mol. The van der Waals surface area contributed by atoms with E-state index in [0.717, 1.165) is 74.9 Å². The van der Waals surface area contributed by atoms with Crippen molar-refractivity contribution in [2.45, 2.75) is 65.5 Å². The summed E-state index contributed by atoms with van der Waals surface area (Å²) in [5.74, 6) is 0.0698. The summed E-state index contributed by atoms with van der Waals surface area (Å²) in [6.45, 7) is 9.47. The third kappa shape index (κ3) is 6.12. The molecule has 6 heteroatoms. The van der Waals surface area contributed by atoms with Crippen LogP contribution < -0.4 is 10.1 Å². The van der Waals surface area contributed by atoms with Crippen LogP contribution in [0.25, 0.3) is 10.9 Å². The number of rotatable bonds is 9. The maximum absolute atomic E-state index is 13.5. The minimum absolute atomic E-state index is 0.0366. The molecule has 6 nitrogen and oxygen atoms in total. The van der Waals surface area contributed by atoms with Gasteiger partial charge in [0.05, 0.1) is 5.56 Å². The van der Waals surface area contributed by atoms with E-state index in [-0.39, 0.29) is 17.9 Å². The zero-order valence-corrected chi connectivity index (χ0v) is 21.2. The van der Waals surface area contributed by atoms with Gasteiger partial charge in [-0.3, -0.25) is 9.59 Å². The Kier molecular flexibility index (Phi) is 8.24. The third-order valence-electron chi connectivity index (χ3n) is 7.00. The second-order valence-electron chi connectivity index (χ2n) is 9.56. The largest absolute Gasteiger partial charge is 0.427 e. The number of amides is 1. The van der Waals surface area contributed by atoms with Crippen LogP contribution in [-0.2, 0) is 17.8 Å². The zero-order chi connectivity index (χ0) is 24.8. The van der Waals surface area contributed by atoms with E-state index >= 15 is 0 Å². The van der Waals surface area contributed by atoms with E-state index in [1.54, 1.807) is 6.07 Å². The molecule has 0 atom stereocenters. The first-order valence-corrected chi connectivity index (χ1v) is 12.8. The number of carbonyl (C=O) groups excluding carboxylic acids is 2. The van der Waals surface area contributed by atoms with Gasteiger partial charge in [-0.15, -0.1) is 0 Å². The molecule has 1 aliphatic rings. The summed E-state index contributed by atoms with van der Waals surface area (Å²) in [4.78, 5) is 27.5. The van der Waals surface area contributed by atoms with Crippen molar-refractivity contribution in [2.24, 2.45) is 0 Å². The van der Waals surface area contributed by atoms with E-state index in [4.69, 9.17) is 4.74 Å². The molecule has 4 rings (SSSR count). The van der Waals surface area contributed by atoms with Gasteiger partial charge in [0.2, 0.25) is 0 Å². The third-order valence-corrected chi connectivity index (χ3v) is 7.00. The fraction of sp³-hybridized carbons (Fsp3) is 0.448. The summed E-state index contributed by atoms with van der Waals surface area (Å²) in [6, 6.07) is 16.3. The van der Waals surface area contributed by atoms with Crippen molar-refractivity contribution in [2.75, 3.05) is 19.6 Å². The Labute approximate surface area is 208 Å². The highest BCUT2D eigenvalue weighted by molar-refractivity contribution is 6.09. The van der Waals surface area contributed by atoms with Crippen LogP contribution in [0.5, 0.6) is 5.75 Å². The van der Waals surface area contributed by atoms with Crippen LogP contribution in [0.2, 0.25) is 0 Å². The van der Waals surface area contributed by atoms with E-state index in [1.807, 2.05) is 19.1 Å². The second kappa shape index (κ2) is 11.5. The molecule has 0 aliphatic carbocycles. The van der Waals surface area contributed by atoms with Crippen molar-refractivity contribution in [3.05, 3.63) is 65.4 Å². The number of unbranched alkanes of at least 4 members (excludes halogenated alkanes) is 1. The summed E-state index contributed by atoms with van der Waals surface area (Å²) >= 11 is 0. The van der Waals surface area contributed by atoms with Crippen LogP contribution >= 0.6 is 0 Å². The molecule has 0 spiro atoms. The van der Waals surface area contributed by atoms with Crippen molar-refractivity contribution in [1.82, 2.24) is 14.8 Å². The Hall–Kier alpha value is -3.12. The topological polar surface area (TPSA) is 63.6 Å². The summed E-state index contributed by atoms with van der Waals surface area (Å²) in [5.41, 5.74) is 4.03. The molecule has 1 aromatic heterocycles. The van der Waals surface area contributed by atoms with Crippen molar-refractivity contribution in [1.29, 1.82) is 0 Å². The van der Waals surface area contributed by atoms with Gasteiger partial charge in [-0.05, 0) is 56.4 Å². The zero-order valence-electron chi connectivity index (χ0n) is 21.2. The molecule has 186 valence electrons. The van der Waals surface area contributed by atoms with Gasteiger partial charge in [-0.1, -0.05) is 43.7 Å².